The van der Waals surface area contributed by atoms with Gasteiger partial charge < -0.3 is 0 Å². The van der Waals surface area contributed by atoms with Crippen LogP contribution >= 0.6 is 11.3 Å². The van der Waals surface area contributed by atoms with E-state index in [1.54, 1.807) is 11.3 Å². The van der Waals surface area contributed by atoms with Crippen LogP contribution in [0.3, 0.4) is 0 Å². The minimum absolute atomic E-state index is 0.153. The molecular weight excluding hydrogens is 264 g/mol. The van der Waals surface area contributed by atoms with Gasteiger partial charge in [0.1, 0.15) is 0 Å². The fourth-order valence-corrected chi connectivity index (χ4v) is 3.66. The zero-order chi connectivity index (χ0) is 13.5. The van der Waals surface area contributed by atoms with Gasteiger partial charge in [-0.05, 0) is 34.6 Å². The summed E-state index contributed by atoms with van der Waals surface area (Å²) in [5.41, 5.74) is 5.20. The van der Waals surface area contributed by atoms with Crippen LogP contribution in [0, 0.1) is 0 Å². The molecule has 0 amide bonds. The Bertz CT molecular complexity index is 800. The fraction of sp³-hybridized carbons (Fsp3) is 0.0556. The summed E-state index contributed by atoms with van der Waals surface area (Å²) >= 11 is 1.72. The highest BCUT2D eigenvalue weighted by Gasteiger charge is 2.24. The molecule has 0 atom stereocenters. The molecule has 0 N–H and O–H groups in total. The van der Waals surface area contributed by atoms with Crippen LogP contribution in [0.2, 0.25) is 0 Å². The minimum Gasteiger partial charge on any atom is -0.289 e. The molecule has 1 aliphatic rings. The van der Waals surface area contributed by atoms with Gasteiger partial charge in [0.25, 0.3) is 0 Å². The lowest BCUT2D eigenvalue weighted by Gasteiger charge is -2.20. The molecule has 0 aliphatic heterocycles. The lowest BCUT2D eigenvalue weighted by molar-refractivity contribution is 0.103. The van der Waals surface area contributed by atoms with Gasteiger partial charge in [-0.1, -0.05) is 48.5 Å². The van der Waals surface area contributed by atoms with Crippen molar-refractivity contribution in [3.8, 4) is 10.4 Å². The first-order chi connectivity index (χ1) is 9.84. The van der Waals surface area contributed by atoms with E-state index in [2.05, 4.69) is 29.6 Å². The van der Waals surface area contributed by atoms with Gasteiger partial charge in [0.05, 0.1) is 0 Å². The van der Waals surface area contributed by atoms with Crippen molar-refractivity contribution in [2.75, 3.05) is 0 Å². The molecule has 1 heterocycles. The number of carbonyl (C=O) groups excluding carboxylic acids is 1. The van der Waals surface area contributed by atoms with Gasteiger partial charge in [-0.2, -0.15) is 0 Å². The molecule has 0 saturated carbocycles. The summed E-state index contributed by atoms with van der Waals surface area (Å²) in [6.07, 6.45) is 0.839. The van der Waals surface area contributed by atoms with Gasteiger partial charge in [-0.3, -0.25) is 4.79 Å². The largest absolute Gasteiger partial charge is 0.289 e. The van der Waals surface area contributed by atoms with Crippen molar-refractivity contribution in [3.63, 3.8) is 0 Å². The first-order valence-electron chi connectivity index (χ1n) is 6.63. The van der Waals surface area contributed by atoms with E-state index >= 15 is 0 Å². The van der Waals surface area contributed by atoms with Crippen LogP contribution in [0.4, 0.5) is 0 Å². The Morgan fingerprint density at radius 1 is 0.800 bits per heavy atom. The van der Waals surface area contributed by atoms with E-state index in [1.165, 1.54) is 16.0 Å². The van der Waals surface area contributed by atoms with Crippen LogP contribution in [0.5, 0.6) is 0 Å². The second-order valence-corrected chi connectivity index (χ2v) is 5.92. The van der Waals surface area contributed by atoms with E-state index in [9.17, 15) is 4.79 Å². The number of ketones is 1. The second-order valence-electron chi connectivity index (χ2n) is 4.97. The number of carbonyl (C=O) groups is 1. The molecule has 96 valence electrons. The van der Waals surface area contributed by atoms with Crippen molar-refractivity contribution >= 4 is 17.1 Å². The molecule has 2 aromatic carbocycles. The van der Waals surface area contributed by atoms with Crippen molar-refractivity contribution in [3.05, 3.63) is 82.2 Å². The lowest BCUT2D eigenvalue weighted by Crippen LogP contribution is -2.15. The number of fused-ring (bicyclic) bond motifs is 2. The zero-order valence-corrected chi connectivity index (χ0v) is 11.6. The summed E-state index contributed by atoms with van der Waals surface area (Å²) in [4.78, 5) is 13.9. The third-order valence-electron chi connectivity index (χ3n) is 3.84. The molecule has 0 saturated heterocycles. The normalized spacial score (nSPS) is 12.9. The standard InChI is InChI=1S/C18H12OS/c19-18-13-6-2-1-5-12(13)11-16-14(7-3-8-15(16)18)17-9-4-10-20-17/h1-10H,11H2. The Labute approximate surface area is 121 Å². The predicted molar refractivity (Wildman–Crippen MR) is 82.4 cm³/mol. The van der Waals surface area contributed by atoms with Crippen LogP contribution < -0.4 is 0 Å². The van der Waals surface area contributed by atoms with E-state index in [4.69, 9.17) is 0 Å². The zero-order valence-electron chi connectivity index (χ0n) is 10.8. The number of hydrogen-bond acceptors (Lipinski definition) is 2. The SMILES string of the molecule is O=C1c2ccccc2Cc2c1cccc2-c1cccs1. The van der Waals surface area contributed by atoms with Crippen molar-refractivity contribution in [1.82, 2.24) is 0 Å². The third kappa shape index (κ3) is 1.65. The van der Waals surface area contributed by atoms with Gasteiger partial charge in [0.2, 0.25) is 0 Å². The number of hydrogen-bond donors (Lipinski definition) is 0. The lowest BCUT2D eigenvalue weighted by atomic mass is 9.82. The maximum absolute atomic E-state index is 12.6. The highest BCUT2D eigenvalue weighted by Crippen LogP contribution is 2.35. The average Bonchev–Trinajstić information content (AvgIpc) is 3.01. The van der Waals surface area contributed by atoms with Crippen molar-refractivity contribution in [2.24, 2.45) is 0 Å². The first kappa shape index (κ1) is 11.6. The summed E-state index contributed by atoms with van der Waals surface area (Å²) in [7, 11) is 0. The second kappa shape index (κ2) is 4.43. The van der Waals surface area contributed by atoms with Gasteiger partial charge in [-0.15, -0.1) is 11.3 Å². The molecule has 2 heteroatoms. The van der Waals surface area contributed by atoms with Crippen LogP contribution in [-0.2, 0) is 6.42 Å². The molecule has 0 radical (unpaired) electrons. The smallest absolute Gasteiger partial charge is 0.193 e. The highest BCUT2D eigenvalue weighted by atomic mass is 32.1. The topological polar surface area (TPSA) is 17.1 Å². The quantitative estimate of drug-likeness (QED) is 0.498. The Morgan fingerprint density at radius 2 is 1.60 bits per heavy atom. The van der Waals surface area contributed by atoms with Gasteiger partial charge in [-0.25, -0.2) is 0 Å². The van der Waals surface area contributed by atoms with E-state index in [-0.39, 0.29) is 5.78 Å². The van der Waals surface area contributed by atoms with Gasteiger partial charge >= 0.3 is 0 Å². The summed E-state index contributed by atoms with van der Waals surface area (Å²) in [5.74, 6) is 0.153. The van der Waals surface area contributed by atoms with Gasteiger partial charge in [0.15, 0.2) is 5.78 Å². The molecule has 1 aromatic heterocycles. The third-order valence-corrected chi connectivity index (χ3v) is 4.74. The van der Waals surface area contributed by atoms with E-state index in [0.717, 1.165) is 23.1 Å². The van der Waals surface area contributed by atoms with Crippen LogP contribution in [0.15, 0.2) is 60.0 Å². The molecule has 1 nitrogen and oxygen atoms in total. The molecular formula is C18H12OS. The van der Waals surface area contributed by atoms with Crippen molar-refractivity contribution < 1.29 is 4.79 Å². The molecule has 1 aliphatic carbocycles. The molecule has 0 unspecified atom stereocenters. The number of benzene rings is 2. The van der Waals surface area contributed by atoms with E-state index in [1.807, 2.05) is 30.3 Å². The predicted octanol–water partition coefficient (Wildman–Crippen LogP) is 4.55. The molecule has 0 bridgehead atoms. The number of thiophene rings is 1. The Morgan fingerprint density at radius 3 is 2.45 bits per heavy atom. The summed E-state index contributed by atoms with van der Waals surface area (Å²) in [5, 5.41) is 2.08. The Hall–Kier alpha value is -2.19. The Kier molecular flexibility index (Phi) is 2.57. The van der Waals surface area contributed by atoms with E-state index < -0.39 is 0 Å². The summed E-state index contributed by atoms with van der Waals surface area (Å²) in [6.45, 7) is 0. The molecule has 0 spiro atoms. The molecule has 0 fully saturated rings. The monoisotopic (exact) mass is 276 g/mol. The summed E-state index contributed by atoms with van der Waals surface area (Å²) < 4.78 is 0. The maximum Gasteiger partial charge on any atom is 0.193 e. The molecule has 4 rings (SSSR count). The molecule has 20 heavy (non-hydrogen) atoms. The van der Waals surface area contributed by atoms with Gasteiger partial charge in [0, 0.05) is 16.0 Å². The van der Waals surface area contributed by atoms with Crippen LogP contribution in [0.25, 0.3) is 10.4 Å². The maximum atomic E-state index is 12.6. The average molecular weight is 276 g/mol. The summed E-state index contributed by atoms with van der Waals surface area (Å²) in [6, 6.07) is 18.1. The van der Waals surface area contributed by atoms with E-state index in [0.29, 0.717) is 0 Å². The van der Waals surface area contributed by atoms with Crippen LogP contribution in [-0.4, -0.2) is 5.78 Å². The van der Waals surface area contributed by atoms with Crippen LogP contribution in [0.1, 0.15) is 27.0 Å². The first-order valence-corrected chi connectivity index (χ1v) is 7.51. The minimum atomic E-state index is 0.153. The molecule has 3 aromatic rings. The number of rotatable bonds is 1. The fourth-order valence-electron chi connectivity index (χ4n) is 2.88. The van der Waals surface area contributed by atoms with Crippen molar-refractivity contribution in [1.29, 1.82) is 0 Å². The Balaban J connectivity index is 1.95. The highest BCUT2D eigenvalue weighted by molar-refractivity contribution is 7.13. The van der Waals surface area contributed by atoms with Crippen molar-refractivity contribution in [2.45, 2.75) is 6.42 Å².